The molecule has 88 valence electrons. The Bertz CT molecular complexity index is 236. The van der Waals surface area contributed by atoms with Gasteiger partial charge in [0.1, 0.15) is 0 Å². The average molecular weight is 217 g/mol. The molecule has 5 nitrogen and oxygen atoms in total. The molecule has 0 aliphatic heterocycles. The maximum atomic E-state index is 11.3. The van der Waals surface area contributed by atoms with Gasteiger partial charge in [-0.2, -0.15) is 0 Å². The number of aliphatic hydroxyl groups is 1. The van der Waals surface area contributed by atoms with Crippen LogP contribution in [0, 0.1) is 5.41 Å². The number of amides is 1. The van der Waals surface area contributed by atoms with Gasteiger partial charge in [-0.15, -0.1) is 0 Å². The number of carboxylic acids is 1. The first-order chi connectivity index (χ1) is 6.73. The van der Waals surface area contributed by atoms with Crippen LogP contribution in [0.15, 0.2) is 0 Å². The van der Waals surface area contributed by atoms with Crippen LogP contribution in [0.4, 0.5) is 0 Å². The summed E-state index contributed by atoms with van der Waals surface area (Å²) in [5.41, 5.74) is -0.561. The molecule has 0 aromatic carbocycles. The Morgan fingerprint density at radius 1 is 1.33 bits per heavy atom. The molecule has 5 heteroatoms. The molecule has 1 atom stereocenters. The van der Waals surface area contributed by atoms with Crippen LogP contribution in [0.3, 0.4) is 0 Å². The molecule has 0 saturated carbocycles. The van der Waals surface area contributed by atoms with E-state index < -0.39 is 17.5 Å². The van der Waals surface area contributed by atoms with Crippen molar-refractivity contribution >= 4 is 11.9 Å². The van der Waals surface area contributed by atoms with E-state index in [1.165, 1.54) is 0 Å². The summed E-state index contributed by atoms with van der Waals surface area (Å²) in [6, 6.07) is 0. The summed E-state index contributed by atoms with van der Waals surface area (Å²) in [7, 11) is 0. The molecule has 15 heavy (non-hydrogen) atoms. The third kappa shape index (κ3) is 7.93. The van der Waals surface area contributed by atoms with Crippen LogP contribution < -0.4 is 5.32 Å². The van der Waals surface area contributed by atoms with Gasteiger partial charge in [-0.3, -0.25) is 9.59 Å². The normalized spacial score (nSPS) is 13.3. The summed E-state index contributed by atoms with van der Waals surface area (Å²) in [5.74, 6) is -1.15. The molecule has 0 saturated heterocycles. The lowest BCUT2D eigenvalue weighted by Crippen LogP contribution is -2.34. The minimum atomic E-state index is -0.914. The minimum absolute atomic E-state index is 0.0465. The van der Waals surface area contributed by atoms with Gasteiger partial charge in [0.25, 0.3) is 0 Å². The second kappa shape index (κ2) is 5.70. The summed E-state index contributed by atoms with van der Waals surface area (Å²) >= 11 is 0. The zero-order chi connectivity index (χ0) is 12.1. The molecule has 0 rings (SSSR count). The lowest BCUT2D eigenvalue weighted by molar-refractivity contribution is -0.139. The van der Waals surface area contributed by atoms with Gasteiger partial charge in [-0.25, -0.2) is 0 Å². The highest BCUT2D eigenvalue weighted by Gasteiger charge is 2.25. The number of carbonyl (C=O) groups excluding carboxylic acids is 1. The van der Waals surface area contributed by atoms with E-state index in [0.29, 0.717) is 0 Å². The van der Waals surface area contributed by atoms with E-state index >= 15 is 0 Å². The second-order valence-corrected chi connectivity index (χ2v) is 4.56. The van der Waals surface area contributed by atoms with E-state index in [9.17, 15) is 9.59 Å². The summed E-state index contributed by atoms with van der Waals surface area (Å²) in [5, 5.41) is 20.1. The van der Waals surface area contributed by atoms with E-state index in [-0.39, 0.29) is 25.3 Å². The molecule has 0 radical (unpaired) electrons. The van der Waals surface area contributed by atoms with Crippen molar-refractivity contribution in [2.75, 3.05) is 6.54 Å². The Morgan fingerprint density at radius 3 is 2.27 bits per heavy atom. The van der Waals surface area contributed by atoms with E-state index in [4.69, 9.17) is 10.2 Å². The van der Waals surface area contributed by atoms with Crippen LogP contribution in [0.5, 0.6) is 0 Å². The highest BCUT2D eigenvalue weighted by Crippen LogP contribution is 2.24. The highest BCUT2D eigenvalue weighted by atomic mass is 16.4. The molecular formula is C10H19NO4. The van der Waals surface area contributed by atoms with E-state index in [1.807, 2.05) is 0 Å². The van der Waals surface area contributed by atoms with Crippen molar-refractivity contribution in [1.29, 1.82) is 0 Å². The molecule has 0 bridgehead atoms. The zero-order valence-electron chi connectivity index (χ0n) is 9.41. The number of nitrogens with one attached hydrogen (secondary N) is 1. The third-order valence-corrected chi connectivity index (χ3v) is 1.86. The highest BCUT2D eigenvalue weighted by molar-refractivity contribution is 5.77. The molecule has 0 aliphatic rings. The van der Waals surface area contributed by atoms with Crippen molar-refractivity contribution in [1.82, 2.24) is 5.32 Å². The van der Waals surface area contributed by atoms with Gasteiger partial charge in [0.2, 0.25) is 5.91 Å². The van der Waals surface area contributed by atoms with Gasteiger partial charge >= 0.3 is 5.97 Å². The van der Waals surface area contributed by atoms with Crippen LogP contribution >= 0.6 is 0 Å². The van der Waals surface area contributed by atoms with E-state index in [2.05, 4.69) is 5.32 Å². The van der Waals surface area contributed by atoms with E-state index in [0.717, 1.165) is 0 Å². The van der Waals surface area contributed by atoms with Gasteiger partial charge in [0.15, 0.2) is 0 Å². The van der Waals surface area contributed by atoms with Crippen molar-refractivity contribution in [2.45, 2.75) is 39.7 Å². The summed E-state index contributed by atoms with van der Waals surface area (Å²) < 4.78 is 0. The van der Waals surface area contributed by atoms with Crippen LogP contribution in [0.1, 0.15) is 33.6 Å². The Hall–Kier alpha value is -1.10. The number of rotatable bonds is 6. The fraction of sp³-hybridized carbons (Fsp3) is 0.800. The largest absolute Gasteiger partial charge is 0.481 e. The van der Waals surface area contributed by atoms with Crippen molar-refractivity contribution in [3.63, 3.8) is 0 Å². The first-order valence-electron chi connectivity index (χ1n) is 4.89. The van der Waals surface area contributed by atoms with Crippen LogP contribution in [-0.2, 0) is 9.59 Å². The lowest BCUT2D eigenvalue weighted by atomic mass is 9.85. The Labute approximate surface area is 89.5 Å². The molecule has 0 unspecified atom stereocenters. The predicted molar refractivity (Wildman–Crippen MR) is 55.3 cm³/mol. The molecule has 3 N–H and O–H groups in total. The Kier molecular flexibility index (Phi) is 5.28. The van der Waals surface area contributed by atoms with Gasteiger partial charge in [0, 0.05) is 13.0 Å². The average Bonchev–Trinajstić information content (AvgIpc) is 1.96. The predicted octanol–water partition coefficient (Wildman–Crippen LogP) is 0.374. The quantitative estimate of drug-likeness (QED) is 0.600. The molecule has 0 aliphatic carbocycles. The SMILES string of the molecule is C[C@H](O)CNC(=O)CC(C)(C)CC(=O)O. The number of aliphatic hydroxyl groups excluding tert-OH is 1. The van der Waals surface area contributed by atoms with Crippen LogP contribution in [0.2, 0.25) is 0 Å². The van der Waals surface area contributed by atoms with Gasteiger partial charge in [0.05, 0.1) is 12.5 Å². The Morgan fingerprint density at radius 2 is 1.87 bits per heavy atom. The second-order valence-electron chi connectivity index (χ2n) is 4.56. The summed E-state index contributed by atoms with van der Waals surface area (Å²) in [6.45, 7) is 5.22. The van der Waals surface area contributed by atoms with Crippen LogP contribution in [-0.4, -0.2) is 34.7 Å². The van der Waals surface area contributed by atoms with Crippen molar-refractivity contribution < 1.29 is 19.8 Å². The monoisotopic (exact) mass is 217 g/mol. The van der Waals surface area contributed by atoms with Gasteiger partial charge in [-0.1, -0.05) is 13.8 Å². The first kappa shape index (κ1) is 13.9. The molecule has 0 aromatic rings. The number of hydrogen-bond acceptors (Lipinski definition) is 3. The van der Waals surface area contributed by atoms with Crippen LogP contribution in [0.25, 0.3) is 0 Å². The number of aliphatic carboxylic acids is 1. The van der Waals surface area contributed by atoms with Crippen molar-refractivity contribution in [3.05, 3.63) is 0 Å². The van der Waals surface area contributed by atoms with Crippen molar-refractivity contribution in [2.24, 2.45) is 5.41 Å². The van der Waals surface area contributed by atoms with Gasteiger partial charge < -0.3 is 15.5 Å². The standard InChI is InChI=1S/C10H19NO4/c1-7(12)6-11-8(13)4-10(2,3)5-9(14)15/h7,12H,4-6H2,1-3H3,(H,11,13)(H,14,15)/t7-/m0/s1. The molecule has 1 amide bonds. The fourth-order valence-electron chi connectivity index (χ4n) is 1.23. The zero-order valence-corrected chi connectivity index (χ0v) is 9.41. The Balaban J connectivity index is 3.98. The van der Waals surface area contributed by atoms with Gasteiger partial charge in [-0.05, 0) is 12.3 Å². The molecule has 0 heterocycles. The molecule has 0 aromatic heterocycles. The maximum Gasteiger partial charge on any atom is 0.303 e. The third-order valence-electron chi connectivity index (χ3n) is 1.86. The smallest absolute Gasteiger partial charge is 0.303 e. The van der Waals surface area contributed by atoms with E-state index in [1.54, 1.807) is 20.8 Å². The number of carboxylic acid groups (broad SMARTS) is 1. The molecular weight excluding hydrogens is 198 g/mol. The number of hydrogen-bond donors (Lipinski definition) is 3. The molecule has 0 fully saturated rings. The number of carbonyl (C=O) groups is 2. The topological polar surface area (TPSA) is 86.6 Å². The van der Waals surface area contributed by atoms with Crippen molar-refractivity contribution in [3.8, 4) is 0 Å². The summed E-state index contributed by atoms with van der Waals surface area (Å²) in [6.07, 6.45) is -0.488. The lowest BCUT2D eigenvalue weighted by Gasteiger charge is -2.21. The maximum absolute atomic E-state index is 11.3. The summed E-state index contributed by atoms with van der Waals surface area (Å²) in [4.78, 5) is 21.8. The first-order valence-corrected chi connectivity index (χ1v) is 4.89. The fourth-order valence-corrected chi connectivity index (χ4v) is 1.23. The minimum Gasteiger partial charge on any atom is -0.481 e. The molecule has 0 spiro atoms.